The zero-order chi connectivity index (χ0) is 15.0. The molecule has 2 aromatic carbocycles. The maximum absolute atomic E-state index is 6.13. The summed E-state index contributed by atoms with van der Waals surface area (Å²) in [5, 5.41) is 1.78. The van der Waals surface area contributed by atoms with Crippen LogP contribution in [0, 0.1) is 0 Å². The maximum Gasteiger partial charge on any atom is 0.161 e. The number of hydrogen-bond acceptors (Lipinski definition) is 3. The molecule has 1 heterocycles. The molecule has 0 aliphatic heterocycles. The highest BCUT2D eigenvalue weighted by atomic mass is 79.9. The average Bonchev–Trinajstić information content (AvgIpc) is 2.46. The van der Waals surface area contributed by atoms with E-state index in [0.29, 0.717) is 27.2 Å². The van der Waals surface area contributed by atoms with Gasteiger partial charge in [-0.05, 0) is 30.3 Å². The van der Waals surface area contributed by atoms with Gasteiger partial charge in [0.2, 0.25) is 0 Å². The lowest BCUT2D eigenvalue weighted by atomic mass is 10.2. The summed E-state index contributed by atoms with van der Waals surface area (Å²) < 4.78 is 6.79. The van der Waals surface area contributed by atoms with Crippen LogP contribution < -0.4 is 10.5 Å². The standard InChI is InChI=1S/C15H9BrCl2N2O/c16-8-1-4-13-10(5-8)15(12(19)7-20-13)21-14-6-9(17)2-3-11(14)18/h1-7H,19H2. The van der Waals surface area contributed by atoms with Crippen molar-refractivity contribution in [1.29, 1.82) is 0 Å². The third-order valence-electron chi connectivity index (χ3n) is 2.91. The van der Waals surface area contributed by atoms with Crippen molar-refractivity contribution >= 4 is 55.7 Å². The van der Waals surface area contributed by atoms with Gasteiger partial charge < -0.3 is 10.5 Å². The van der Waals surface area contributed by atoms with Gasteiger partial charge >= 0.3 is 0 Å². The number of nitrogens with two attached hydrogens (primary N) is 1. The van der Waals surface area contributed by atoms with E-state index in [2.05, 4.69) is 20.9 Å². The number of nitrogen functional groups attached to an aromatic ring is 1. The molecular formula is C15H9BrCl2N2O. The van der Waals surface area contributed by atoms with Gasteiger partial charge in [-0.3, -0.25) is 4.98 Å². The molecule has 0 aliphatic rings. The average molecular weight is 384 g/mol. The van der Waals surface area contributed by atoms with E-state index in [1.807, 2.05) is 18.2 Å². The molecule has 1 aromatic heterocycles. The van der Waals surface area contributed by atoms with E-state index < -0.39 is 0 Å². The highest BCUT2D eigenvalue weighted by molar-refractivity contribution is 9.10. The Morgan fingerprint density at radius 3 is 2.71 bits per heavy atom. The van der Waals surface area contributed by atoms with Gasteiger partial charge in [0.1, 0.15) is 5.75 Å². The Labute approximate surface area is 139 Å². The van der Waals surface area contributed by atoms with Gasteiger partial charge in [0.05, 0.1) is 22.4 Å². The van der Waals surface area contributed by atoms with Crippen molar-refractivity contribution in [2.24, 2.45) is 0 Å². The molecule has 106 valence electrons. The molecule has 3 nitrogen and oxygen atoms in total. The number of hydrogen-bond donors (Lipinski definition) is 1. The lowest BCUT2D eigenvalue weighted by Crippen LogP contribution is -1.95. The minimum absolute atomic E-state index is 0.427. The van der Waals surface area contributed by atoms with Crippen LogP contribution in [0.15, 0.2) is 47.1 Å². The zero-order valence-corrected chi connectivity index (χ0v) is 13.7. The van der Waals surface area contributed by atoms with Gasteiger partial charge in [-0.25, -0.2) is 0 Å². The molecule has 3 rings (SSSR count). The van der Waals surface area contributed by atoms with E-state index in [9.17, 15) is 0 Å². The third-order valence-corrected chi connectivity index (χ3v) is 3.95. The first-order chi connectivity index (χ1) is 10.0. The summed E-state index contributed by atoms with van der Waals surface area (Å²) in [5.74, 6) is 0.953. The lowest BCUT2D eigenvalue weighted by Gasteiger charge is -2.12. The fourth-order valence-corrected chi connectivity index (χ4v) is 2.61. The molecule has 6 heteroatoms. The Hall–Kier alpha value is -1.49. The molecule has 0 spiro atoms. The largest absolute Gasteiger partial charge is 0.453 e. The molecule has 0 fully saturated rings. The molecule has 0 atom stereocenters. The minimum Gasteiger partial charge on any atom is -0.453 e. The van der Waals surface area contributed by atoms with Crippen molar-refractivity contribution in [2.75, 3.05) is 5.73 Å². The highest BCUT2D eigenvalue weighted by Gasteiger charge is 2.12. The number of anilines is 1. The summed E-state index contributed by atoms with van der Waals surface area (Å²) >= 11 is 15.5. The number of rotatable bonds is 2. The van der Waals surface area contributed by atoms with Crippen LogP contribution >= 0.6 is 39.1 Å². The molecule has 0 amide bonds. The SMILES string of the molecule is Nc1cnc2ccc(Br)cc2c1Oc1cc(Cl)ccc1Cl. The first-order valence-electron chi connectivity index (χ1n) is 6.01. The van der Waals surface area contributed by atoms with Gasteiger partial charge in [-0.1, -0.05) is 39.1 Å². The molecule has 0 radical (unpaired) electrons. The zero-order valence-electron chi connectivity index (χ0n) is 10.6. The quantitative estimate of drug-likeness (QED) is 0.619. The normalized spacial score (nSPS) is 10.8. The van der Waals surface area contributed by atoms with Crippen molar-refractivity contribution in [3.8, 4) is 11.5 Å². The number of aromatic nitrogens is 1. The maximum atomic E-state index is 6.13. The van der Waals surface area contributed by atoms with Gasteiger partial charge in [-0.15, -0.1) is 0 Å². The van der Waals surface area contributed by atoms with Gasteiger partial charge in [-0.2, -0.15) is 0 Å². The molecule has 21 heavy (non-hydrogen) atoms. The number of halogens is 3. The molecule has 3 aromatic rings. The summed E-state index contributed by atoms with van der Waals surface area (Å²) in [5.41, 5.74) is 7.20. The van der Waals surface area contributed by atoms with Gasteiger partial charge in [0.15, 0.2) is 5.75 Å². The van der Waals surface area contributed by atoms with Crippen LogP contribution in [0.3, 0.4) is 0 Å². The molecule has 0 unspecified atom stereocenters. The van der Waals surface area contributed by atoms with Crippen molar-refractivity contribution in [2.45, 2.75) is 0 Å². The number of nitrogens with zero attached hydrogens (tertiary/aromatic N) is 1. The van der Waals surface area contributed by atoms with E-state index >= 15 is 0 Å². The summed E-state index contributed by atoms with van der Waals surface area (Å²) in [6.07, 6.45) is 1.56. The van der Waals surface area contributed by atoms with Crippen LogP contribution in [0.25, 0.3) is 10.9 Å². The van der Waals surface area contributed by atoms with Crippen molar-refractivity contribution in [1.82, 2.24) is 4.98 Å². The number of fused-ring (bicyclic) bond motifs is 1. The molecule has 0 aliphatic carbocycles. The Bertz CT molecular complexity index is 834. The Kier molecular flexibility index (Phi) is 3.93. The Morgan fingerprint density at radius 2 is 1.90 bits per heavy atom. The lowest BCUT2D eigenvalue weighted by molar-refractivity contribution is 0.490. The second-order valence-corrected chi connectivity index (χ2v) is 6.14. The van der Waals surface area contributed by atoms with Gasteiger partial charge in [0.25, 0.3) is 0 Å². The second kappa shape index (κ2) is 5.72. The van der Waals surface area contributed by atoms with E-state index in [0.717, 1.165) is 15.4 Å². The first kappa shape index (κ1) is 14.4. The minimum atomic E-state index is 0.427. The number of pyridine rings is 1. The van der Waals surface area contributed by atoms with Crippen LogP contribution in [0.1, 0.15) is 0 Å². The van der Waals surface area contributed by atoms with E-state index in [4.69, 9.17) is 33.7 Å². The van der Waals surface area contributed by atoms with Crippen molar-refractivity contribution < 1.29 is 4.74 Å². The van der Waals surface area contributed by atoms with Crippen molar-refractivity contribution in [3.05, 3.63) is 57.1 Å². The predicted octanol–water partition coefficient (Wildman–Crippen LogP) is 5.68. The van der Waals surface area contributed by atoms with E-state index in [-0.39, 0.29) is 0 Å². The smallest absolute Gasteiger partial charge is 0.161 e. The summed E-state index contributed by atoms with van der Waals surface area (Å²) in [6.45, 7) is 0. The monoisotopic (exact) mass is 382 g/mol. The number of ether oxygens (including phenoxy) is 1. The van der Waals surface area contributed by atoms with Crippen LogP contribution in [0.4, 0.5) is 5.69 Å². The van der Waals surface area contributed by atoms with E-state index in [1.54, 1.807) is 24.4 Å². The van der Waals surface area contributed by atoms with Crippen molar-refractivity contribution in [3.63, 3.8) is 0 Å². The van der Waals surface area contributed by atoms with Crippen LogP contribution in [-0.4, -0.2) is 4.98 Å². The predicted molar refractivity (Wildman–Crippen MR) is 90.4 cm³/mol. The topological polar surface area (TPSA) is 48.1 Å². The summed E-state index contributed by atoms with van der Waals surface area (Å²) in [6, 6.07) is 10.7. The Morgan fingerprint density at radius 1 is 1.10 bits per heavy atom. The van der Waals surface area contributed by atoms with E-state index in [1.165, 1.54) is 0 Å². The molecule has 0 saturated heterocycles. The molecular weight excluding hydrogens is 375 g/mol. The fourth-order valence-electron chi connectivity index (χ4n) is 1.94. The molecule has 0 saturated carbocycles. The number of benzene rings is 2. The first-order valence-corrected chi connectivity index (χ1v) is 7.56. The highest BCUT2D eigenvalue weighted by Crippen LogP contribution is 2.38. The summed E-state index contributed by atoms with van der Waals surface area (Å²) in [7, 11) is 0. The fraction of sp³-hybridized carbons (Fsp3) is 0. The van der Waals surface area contributed by atoms with Crippen LogP contribution in [0.5, 0.6) is 11.5 Å². The summed E-state index contributed by atoms with van der Waals surface area (Å²) in [4.78, 5) is 4.28. The molecule has 2 N–H and O–H groups in total. The van der Waals surface area contributed by atoms with Crippen LogP contribution in [0.2, 0.25) is 10.0 Å². The second-order valence-electron chi connectivity index (χ2n) is 4.38. The molecule has 0 bridgehead atoms. The Balaban J connectivity index is 2.17. The van der Waals surface area contributed by atoms with Gasteiger partial charge in [0, 0.05) is 20.9 Å². The third kappa shape index (κ3) is 2.93. The van der Waals surface area contributed by atoms with Crippen LogP contribution in [-0.2, 0) is 0 Å².